The van der Waals surface area contributed by atoms with Crippen molar-refractivity contribution in [2.75, 3.05) is 20.2 Å². The molecule has 1 amide bonds. The van der Waals surface area contributed by atoms with E-state index in [2.05, 4.69) is 14.8 Å². The summed E-state index contributed by atoms with van der Waals surface area (Å²) >= 11 is 0. The van der Waals surface area contributed by atoms with Gasteiger partial charge in [0.2, 0.25) is 0 Å². The normalized spacial score (nSPS) is 18.6. The van der Waals surface area contributed by atoms with Gasteiger partial charge in [0.15, 0.2) is 0 Å². The molecule has 1 aromatic carbocycles. The molecule has 2 heterocycles. The van der Waals surface area contributed by atoms with Gasteiger partial charge in [-0.05, 0) is 37.8 Å². The molecule has 0 spiro atoms. The first-order chi connectivity index (χ1) is 11.8. The van der Waals surface area contributed by atoms with Gasteiger partial charge in [-0.15, -0.1) is 10.2 Å². The second-order valence-corrected chi connectivity index (χ2v) is 6.59. The highest BCUT2D eigenvalue weighted by atomic mass is 16.5. The lowest BCUT2D eigenvalue weighted by molar-refractivity contribution is 0.0690. The van der Waals surface area contributed by atoms with Crippen LogP contribution in [0.3, 0.4) is 0 Å². The molecule has 0 unspecified atom stereocenters. The smallest absolute Gasteiger partial charge is 0.257 e. The fraction of sp³-hybridized carbons (Fsp3) is 0.500. The second-order valence-electron chi connectivity index (χ2n) is 6.59. The molecule has 6 heteroatoms. The van der Waals surface area contributed by atoms with Gasteiger partial charge >= 0.3 is 0 Å². The molecular formula is C18H22N4O2. The fourth-order valence-corrected chi connectivity index (χ4v) is 3.51. The molecule has 4 rings (SSSR count). The summed E-state index contributed by atoms with van der Waals surface area (Å²) in [4.78, 5) is 14.7. The van der Waals surface area contributed by atoms with Crippen molar-refractivity contribution in [3.63, 3.8) is 0 Å². The van der Waals surface area contributed by atoms with Crippen LogP contribution in [0.25, 0.3) is 0 Å². The Hall–Kier alpha value is -2.37. The number of amides is 1. The molecule has 1 aliphatic heterocycles. The Bertz CT molecular complexity index is 730. The van der Waals surface area contributed by atoms with Crippen molar-refractivity contribution >= 4 is 5.91 Å². The number of methoxy groups -OCH3 is 1. The van der Waals surface area contributed by atoms with Crippen LogP contribution in [-0.2, 0) is 0 Å². The molecule has 2 aliphatic rings. The molecule has 0 atom stereocenters. The first-order valence-corrected chi connectivity index (χ1v) is 8.59. The van der Waals surface area contributed by atoms with Crippen LogP contribution in [0.5, 0.6) is 5.75 Å². The summed E-state index contributed by atoms with van der Waals surface area (Å²) < 4.78 is 7.56. The van der Waals surface area contributed by atoms with Crippen molar-refractivity contribution in [1.29, 1.82) is 0 Å². The van der Waals surface area contributed by atoms with Crippen LogP contribution in [0.2, 0.25) is 0 Å². The third-order valence-corrected chi connectivity index (χ3v) is 5.03. The van der Waals surface area contributed by atoms with Crippen LogP contribution in [-0.4, -0.2) is 45.8 Å². The summed E-state index contributed by atoms with van der Waals surface area (Å²) in [5, 5.41) is 8.39. The number of para-hydroxylation sites is 1. The Balaban J connectivity index is 1.44. The van der Waals surface area contributed by atoms with Gasteiger partial charge in [0.05, 0.1) is 12.7 Å². The number of carbonyl (C=O) groups excluding carboxylic acids is 1. The van der Waals surface area contributed by atoms with E-state index in [-0.39, 0.29) is 5.91 Å². The Kier molecular flexibility index (Phi) is 3.96. The number of piperidine rings is 1. The van der Waals surface area contributed by atoms with Gasteiger partial charge in [-0.2, -0.15) is 0 Å². The Labute approximate surface area is 141 Å². The molecular weight excluding hydrogens is 304 g/mol. The molecule has 6 nitrogen and oxygen atoms in total. The summed E-state index contributed by atoms with van der Waals surface area (Å²) in [6.07, 6.45) is 6.20. The highest BCUT2D eigenvalue weighted by Gasteiger charge is 2.32. The van der Waals surface area contributed by atoms with Crippen molar-refractivity contribution in [3.05, 3.63) is 42.0 Å². The van der Waals surface area contributed by atoms with Crippen LogP contribution in [0.4, 0.5) is 0 Å². The molecule has 1 saturated carbocycles. The zero-order valence-electron chi connectivity index (χ0n) is 13.9. The number of hydrogen-bond acceptors (Lipinski definition) is 4. The third kappa shape index (κ3) is 2.77. The Morgan fingerprint density at radius 3 is 2.62 bits per heavy atom. The zero-order valence-corrected chi connectivity index (χ0v) is 13.9. The summed E-state index contributed by atoms with van der Waals surface area (Å²) in [5.41, 5.74) is 0.640. The molecule has 126 valence electrons. The first-order valence-electron chi connectivity index (χ1n) is 8.59. The SMILES string of the molecule is COc1ccccc1C(=O)N1CCC(n2cnnc2C2CC2)CC1. The molecule has 24 heavy (non-hydrogen) atoms. The van der Waals surface area contributed by atoms with Crippen LogP contribution >= 0.6 is 0 Å². The highest BCUT2D eigenvalue weighted by Crippen LogP contribution is 2.40. The molecule has 0 bridgehead atoms. The predicted octanol–water partition coefficient (Wildman–Crippen LogP) is 2.64. The number of carbonyl (C=O) groups is 1. The van der Waals surface area contributed by atoms with Gasteiger partial charge in [-0.25, -0.2) is 0 Å². The summed E-state index contributed by atoms with van der Waals surface area (Å²) in [6, 6.07) is 7.82. The monoisotopic (exact) mass is 326 g/mol. The van der Waals surface area contributed by atoms with Crippen molar-refractivity contribution < 1.29 is 9.53 Å². The standard InChI is InChI=1S/C18H22N4O2/c1-24-16-5-3-2-4-15(16)18(23)21-10-8-14(9-11-21)22-12-19-20-17(22)13-6-7-13/h2-5,12-14H,6-11H2,1H3. The Morgan fingerprint density at radius 2 is 1.92 bits per heavy atom. The third-order valence-electron chi connectivity index (χ3n) is 5.03. The number of ether oxygens (including phenoxy) is 1. The topological polar surface area (TPSA) is 60.2 Å². The van der Waals surface area contributed by atoms with Gasteiger partial charge in [-0.3, -0.25) is 4.79 Å². The van der Waals surface area contributed by atoms with E-state index in [1.165, 1.54) is 12.8 Å². The fourth-order valence-electron chi connectivity index (χ4n) is 3.51. The molecule has 0 radical (unpaired) electrons. The van der Waals surface area contributed by atoms with E-state index in [1.807, 2.05) is 35.5 Å². The van der Waals surface area contributed by atoms with E-state index in [4.69, 9.17) is 4.74 Å². The minimum absolute atomic E-state index is 0.0528. The van der Waals surface area contributed by atoms with Crippen molar-refractivity contribution in [1.82, 2.24) is 19.7 Å². The maximum Gasteiger partial charge on any atom is 0.257 e. The highest BCUT2D eigenvalue weighted by molar-refractivity contribution is 5.97. The molecule has 2 fully saturated rings. The minimum atomic E-state index is 0.0528. The lowest BCUT2D eigenvalue weighted by Crippen LogP contribution is -2.39. The van der Waals surface area contributed by atoms with Crippen molar-refractivity contribution in [2.45, 2.75) is 37.6 Å². The first kappa shape index (κ1) is 15.2. The number of aromatic nitrogens is 3. The van der Waals surface area contributed by atoms with Crippen LogP contribution in [0, 0.1) is 0 Å². The predicted molar refractivity (Wildman–Crippen MR) is 89.2 cm³/mol. The van der Waals surface area contributed by atoms with Crippen LogP contribution < -0.4 is 4.74 Å². The lowest BCUT2D eigenvalue weighted by atomic mass is 10.0. The van der Waals surface area contributed by atoms with E-state index in [0.29, 0.717) is 23.3 Å². The van der Waals surface area contributed by atoms with Gasteiger partial charge in [-0.1, -0.05) is 12.1 Å². The Morgan fingerprint density at radius 1 is 1.17 bits per heavy atom. The largest absolute Gasteiger partial charge is 0.496 e. The molecule has 1 aromatic heterocycles. The van der Waals surface area contributed by atoms with Gasteiger partial charge < -0.3 is 14.2 Å². The molecule has 2 aromatic rings. The van der Waals surface area contributed by atoms with Crippen LogP contribution in [0.1, 0.15) is 53.8 Å². The van der Waals surface area contributed by atoms with Gasteiger partial charge in [0.25, 0.3) is 5.91 Å². The lowest BCUT2D eigenvalue weighted by Gasteiger charge is -2.33. The number of nitrogens with zero attached hydrogens (tertiary/aromatic N) is 4. The van der Waals surface area contributed by atoms with E-state index < -0.39 is 0 Å². The van der Waals surface area contributed by atoms with Crippen LogP contribution in [0.15, 0.2) is 30.6 Å². The number of benzene rings is 1. The number of likely N-dealkylation sites (tertiary alicyclic amines) is 1. The average Bonchev–Trinajstić information content (AvgIpc) is 3.38. The zero-order chi connectivity index (χ0) is 16.5. The van der Waals surface area contributed by atoms with E-state index >= 15 is 0 Å². The minimum Gasteiger partial charge on any atom is -0.496 e. The van der Waals surface area contributed by atoms with E-state index in [0.717, 1.165) is 31.8 Å². The number of rotatable bonds is 4. The average molecular weight is 326 g/mol. The molecule has 1 aliphatic carbocycles. The quantitative estimate of drug-likeness (QED) is 0.866. The van der Waals surface area contributed by atoms with Gasteiger partial charge in [0, 0.05) is 25.0 Å². The summed E-state index contributed by atoms with van der Waals surface area (Å²) in [5.74, 6) is 2.42. The summed E-state index contributed by atoms with van der Waals surface area (Å²) in [6.45, 7) is 1.51. The van der Waals surface area contributed by atoms with E-state index in [9.17, 15) is 4.79 Å². The van der Waals surface area contributed by atoms with Crippen molar-refractivity contribution in [2.24, 2.45) is 0 Å². The van der Waals surface area contributed by atoms with Crippen molar-refractivity contribution in [3.8, 4) is 5.75 Å². The van der Waals surface area contributed by atoms with Gasteiger partial charge in [0.1, 0.15) is 17.9 Å². The molecule has 1 saturated heterocycles. The second kappa shape index (κ2) is 6.26. The maximum absolute atomic E-state index is 12.8. The summed E-state index contributed by atoms with van der Waals surface area (Å²) in [7, 11) is 1.60. The maximum atomic E-state index is 12.8. The number of hydrogen-bond donors (Lipinski definition) is 0. The van der Waals surface area contributed by atoms with E-state index in [1.54, 1.807) is 7.11 Å². The molecule has 0 N–H and O–H groups in total.